The number of fused-ring (bicyclic) bond motifs is 1. The molecule has 116 valence electrons. The molecule has 0 N–H and O–H groups in total. The van der Waals surface area contributed by atoms with Crippen molar-refractivity contribution in [3.63, 3.8) is 0 Å². The summed E-state index contributed by atoms with van der Waals surface area (Å²) in [6.45, 7) is 0. The Morgan fingerprint density at radius 1 is 0.750 bits per heavy atom. The molecule has 1 nitrogen and oxygen atoms in total. The van der Waals surface area contributed by atoms with Crippen molar-refractivity contribution in [3.05, 3.63) is 89.7 Å². The van der Waals surface area contributed by atoms with E-state index < -0.39 is 0 Å². The smallest absolute Gasteiger partial charge is 0.123 e. The van der Waals surface area contributed by atoms with E-state index in [1.54, 1.807) is 6.07 Å². The molecule has 3 aromatic carbocycles. The molecule has 4 rings (SSSR count). The van der Waals surface area contributed by atoms with Gasteiger partial charge in [-0.2, -0.15) is 0 Å². The van der Waals surface area contributed by atoms with Crippen LogP contribution in [-0.2, 0) is 0 Å². The van der Waals surface area contributed by atoms with E-state index in [9.17, 15) is 4.39 Å². The maximum Gasteiger partial charge on any atom is 0.123 e. The van der Waals surface area contributed by atoms with Crippen molar-refractivity contribution in [1.82, 2.24) is 4.98 Å². The first-order chi connectivity index (χ1) is 11.7. The van der Waals surface area contributed by atoms with Gasteiger partial charge in [-0.15, -0.1) is 0 Å². The average molecular weight is 334 g/mol. The van der Waals surface area contributed by atoms with Crippen LogP contribution in [0, 0.1) is 5.82 Å². The van der Waals surface area contributed by atoms with E-state index in [0.29, 0.717) is 5.02 Å². The number of hydrogen-bond acceptors (Lipinski definition) is 1. The fraction of sp³-hybridized carbons (Fsp3) is 0. The molecule has 0 amide bonds. The van der Waals surface area contributed by atoms with Crippen molar-refractivity contribution < 1.29 is 4.39 Å². The third kappa shape index (κ3) is 2.77. The molecule has 0 unspecified atom stereocenters. The van der Waals surface area contributed by atoms with Crippen LogP contribution in [0.5, 0.6) is 0 Å². The van der Waals surface area contributed by atoms with Crippen molar-refractivity contribution >= 4 is 22.5 Å². The topological polar surface area (TPSA) is 12.9 Å². The first-order valence-corrected chi connectivity index (χ1v) is 8.00. The van der Waals surface area contributed by atoms with Crippen molar-refractivity contribution in [2.24, 2.45) is 0 Å². The predicted molar refractivity (Wildman–Crippen MR) is 97.6 cm³/mol. The SMILES string of the molecule is Fc1ccc2nc(-c3ccc(Cl)cc3)cc(-c3ccccc3)c2c1. The first kappa shape index (κ1) is 14.9. The predicted octanol–water partition coefficient (Wildman–Crippen LogP) is 6.36. The highest BCUT2D eigenvalue weighted by molar-refractivity contribution is 6.30. The molecule has 1 heterocycles. The molecule has 0 saturated heterocycles. The zero-order valence-corrected chi connectivity index (χ0v) is 13.5. The number of benzene rings is 3. The third-order valence-electron chi connectivity index (χ3n) is 4.00. The minimum atomic E-state index is -0.263. The zero-order valence-electron chi connectivity index (χ0n) is 12.7. The number of halogens is 2. The van der Waals surface area contributed by atoms with Crippen LogP contribution in [0.2, 0.25) is 5.02 Å². The molecular formula is C21H13ClFN. The summed E-state index contributed by atoms with van der Waals surface area (Å²) in [4.78, 5) is 4.69. The monoisotopic (exact) mass is 333 g/mol. The van der Waals surface area contributed by atoms with E-state index >= 15 is 0 Å². The summed E-state index contributed by atoms with van der Waals surface area (Å²) >= 11 is 5.98. The van der Waals surface area contributed by atoms with E-state index in [-0.39, 0.29) is 5.82 Å². The highest BCUT2D eigenvalue weighted by atomic mass is 35.5. The molecule has 24 heavy (non-hydrogen) atoms. The fourth-order valence-corrected chi connectivity index (χ4v) is 2.95. The lowest BCUT2D eigenvalue weighted by molar-refractivity contribution is 0.629. The Kier molecular flexibility index (Phi) is 3.75. The molecule has 4 aromatic rings. The maximum atomic E-state index is 13.8. The van der Waals surface area contributed by atoms with Gasteiger partial charge in [-0.1, -0.05) is 54.1 Å². The number of nitrogens with zero attached hydrogens (tertiary/aromatic N) is 1. The van der Waals surface area contributed by atoms with Crippen LogP contribution in [0.4, 0.5) is 4.39 Å². The standard InChI is InChI=1S/C21H13ClFN/c22-16-8-6-15(7-9-16)21-13-18(14-4-2-1-3-5-14)19-12-17(23)10-11-20(19)24-21/h1-13H. The van der Waals surface area contributed by atoms with E-state index in [0.717, 1.165) is 33.3 Å². The van der Waals surface area contributed by atoms with Gasteiger partial charge in [0.15, 0.2) is 0 Å². The van der Waals surface area contributed by atoms with E-state index in [4.69, 9.17) is 16.6 Å². The highest BCUT2D eigenvalue weighted by Gasteiger charge is 2.10. The largest absolute Gasteiger partial charge is 0.248 e. The highest BCUT2D eigenvalue weighted by Crippen LogP contribution is 2.32. The van der Waals surface area contributed by atoms with E-state index in [1.165, 1.54) is 12.1 Å². The summed E-state index contributed by atoms with van der Waals surface area (Å²) in [5.74, 6) is -0.263. The number of aromatic nitrogens is 1. The summed E-state index contributed by atoms with van der Waals surface area (Å²) in [7, 11) is 0. The van der Waals surface area contributed by atoms with Gasteiger partial charge in [0.2, 0.25) is 0 Å². The summed E-state index contributed by atoms with van der Waals surface area (Å²) in [6.07, 6.45) is 0. The number of hydrogen-bond donors (Lipinski definition) is 0. The Bertz CT molecular complexity index is 1010. The fourth-order valence-electron chi connectivity index (χ4n) is 2.82. The van der Waals surface area contributed by atoms with Crippen molar-refractivity contribution in [2.75, 3.05) is 0 Å². The van der Waals surface area contributed by atoms with E-state index in [2.05, 4.69) is 0 Å². The summed E-state index contributed by atoms with van der Waals surface area (Å²) in [5, 5.41) is 1.49. The van der Waals surface area contributed by atoms with Gasteiger partial charge in [0.05, 0.1) is 11.2 Å². The molecule has 0 bridgehead atoms. The second kappa shape index (κ2) is 6.06. The van der Waals surface area contributed by atoms with Crippen LogP contribution in [0.25, 0.3) is 33.3 Å². The minimum Gasteiger partial charge on any atom is -0.248 e. The van der Waals surface area contributed by atoms with Crippen LogP contribution < -0.4 is 0 Å². The van der Waals surface area contributed by atoms with Crippen LogP contribution >= 0.6 is 11.6 Å². The summed E-state index contributed by atoms with van der Waals surface area (Å²) < 4.78 is 13.8. The van der Waals surface area contributed by atoms with Gasteiger partial charge in [0.25, 0.3) is 0 Å². The molecule has 0 spiro atoms. The van der Waals surface area contributed by atoms with Gasteiger partial charge in [-0.3, -0.25) is 0 Å². The molecule has 0 atom stereocenters. The van der Waals surface area contributed by atoms with Crippen molar-refractivity contribution in [3.8, 4) is 22.4 Å². The Morgan fingerprint density at radius 3 is 2.25 bits per heavy atom. The molecule has 0 saturated carbocycles. The van der Waals surface area contributed by atoms with Crippen LogP contribution in [0.1, 0.15) is 0 Å². The molecule has 1 aromatic heterocycles. The minimum absolute atomic E-state index is 0.263. The Balaban J connectivity index is 2.00. The molecular weight excluding hydrogens is 321 g/mol. The molecule has 0 radical (unpaired) electrons. The van der Waals surface area contributed by atoms with Gasteiger partial charge in [0, 0.05) is 16.0 Å². The first-order valence-electron chi connectivity index (χ1n) is 7.62. The van der Waals surface area contributed by atoms with Gasteiger partial charge in [-0.05, 0) is 47.5 Å². The second-order valence-corrected chi connectivity index (χ2v) is 6.03. The zero-order chi connectivity index (χ0) is 16.5. The Labute approximate surface area is 144 Å². The van der Waals surface area contributed by atoms with Gasteiger partial charge in [-0.25, -0.2) is 9.37 Å². The molecule has 0 aliphatic rings. The normalized spacial score (nSPS) is 10.9. The molecule has 3 heteroatoms. The van der Waals surface area contributed by atoms with Crippen LogP contribution in [-0.4, -0.2) is 4.98 Å². The number of rotatable bonds is 2. The quantitative estimate of drug-likeness (QED) is 0.416. The summed E-state index contributed by atoms with van der Waals surface area (Å²) in [6, 6.07) is 24.2. The van der Waals surface area contributed by atoms with Crippen LogP contribution in [0.3, 0.4) is 0 Å². The molecule has 0 aliphatic heterocycles. The van der Waals surface area contributed by atoms with Crippen LogP contribution in [0.15, 0.2) is 78.9 Å². The average Bonchev–Trinajstić information content (AvgIpc) is 2.62. The van der Waals surface area contributed by atoms with Gasteiger partial charge in [0.1, 0.15) is 5.82 Å². The van der Waals surface area contributed by atoms with Gasteiger partial charge < -0.3 is 0 Å². The Morgan fingerprint density at radius 2 is 1.50 bits per heavy atom. The second-order valence-electron chi connectivity index (χ2n) is 5.59. The third-order valence-corrected chi connectivity index (χ3v) is 4.25. The van der Waals surface area contributed by atoms with Crippen molar-refractivity contribution in [2.45, 2.75) is 0 Å². The number of pyridine rings is 1. The lowest BCUT2D eigenvalue weighted by Gasteiger charge is -2.10. The Hall–Kier alpha value is -2.71. The molecule has 0 aliphatic carbocycles. The maximum absolute atomic E-state index is 13.8. The van der Waals surface area contributed by atoms with Crippen molar-refractivity contribution in [1.29, 1.82) is 0 Å². The van der Waals surface area contributed by atoms with E-state index in [1.807, 2.05) is 60.7 Å². The lowest BCUT2D eigenvalue weighted by atomic mass is 9.98. The summed E-state index contributed by atoms with van der Waals surface area (Å²) in [5.41, 5.74) is 4.57. The van der Waals surface area contributed by atoms with Gasteiger partial charge >= 0.3 is 0 Å². The molecule has 0 fully saturated rings. The lowest BCUT2D eigenvalue weighted by Crippen LogP contribution is -1.90.